The first kappa shape index (κ1) is 17.4. The molecule has 1 aliphatic heterocycles. The number of hydrogen-bond acceptors (Lipinski definition) is 3. The molecular formula is C19H19NO4S. The molecule has 0 spiro atoms. The second kappa shape index (κ2) is 6.82. The van der Waals surface area contributed by atoms with Crippen LogP contribution < -0.4 is 0 Å². The molecule has 0 aliphatic carbocycles. The Kier molecular flexibility index (Phi) is 4.74. The molecular weight excluding hydrogens is 338 g/mol. The summed E-state index contributed by atoms with van der Waals surface area (Å²) in [5.74, 6) is -1.09. The van der Waals surface area contributed by atoms with Gasteiger partial charge in [-0.05, 0) is 31.0 Å². The molecule has 0 saturated heterocycles. The largest absolute Gasteiger partial charge is 0.478 e. The van der Waals surface area contributed by atoms with Gasteiger partial charge in [-0.15, -0.1) is 0 Å². The van der Waals surface area contributed by atoms with Crippen LogP contribution in [0.2, 0.25) is 0 Å². The summed E-state index contributed by atoms with van der Waals surface area (Å²) in [5.41, 5.74) is 2.03. The predicted octanol–water partition coefficient (Wildman–Crippen LogP) is 3.14. The van der Waals surface area contributed by atoms with Gasteiger partial charge in [0.25, 0.3) is 0 Å². The van der Waals surface area contributed by atoms with Gasteiger partial charge in [-0.2, -0.15) is 4.31 Å². The first-order valence-corrected chi connectivity index (χ1v) is 9.39. The van der Waals surface area contributed by atoms with Gasteiger partial charge in [-0.1, -0.05) is 54.1 Å². The van der Waals surface area contributed by atoms with Crippen molar-refractivity contribution in [1.82, 2.24) is 4.31 Å². The van der Waals surface area contributed by atoms with E-state index in [4.69, 9.17) is 0 Å². The van der Waals surface area contributed by atoms with Gasteiger partial charge in [-0.3, -0.25) is 0 Å². The maximum absolute atomic E-state index is 13.1. The van der Waals surface area contributed by atoms with E-state index in [-0.39, 0.29) is 17.0 Å². The molecule has 2 aromatic carbocycles. The molecule has 0 aromatic heterocycles. The van der Waals surface area contributed by atoms with Gasteiger partial charge in [0.2, 0.25) is 10.0 Å². The Bertz CT molecular complexity index is 902. The number of carboxylic acids is 1. The lowest BCUT2D eigenvalue weighted by Crippen LogP contribution is -2.39. The van der Waals surface area contributed by atoms with Crippen LogP contribution in [0.3, 0.4) is 0 Å². The number of hydrogen-bond donors (Lipinski definition) is 1. The van der Waals surface area contributed by atoms with E-state index in [9.17, 15) is 18.3 Å². The van der Waals surface area contributed by atoms with E-state index in [1.54, 1.807) is 24.3 Å². The number of aliphatic carboxylic acids is 1. The molecule has 130 valence electrons. The Morgan fingerprint density at radius 1 is 1.08 bits per heavy atom. The Balaban J connectivity index is 2.06. The third kappa shape index (κ3) is 3.50. The summed E-state index contributed by atoms with van der Waals surface area (Å²) < 4.78 is 27.5. The third-order valence-electron chi connectivity index (χ3n) is 4.35. The van der Waals surface area contributed by atoms with Crippen molar-refractivity contribution in [3.05, 3.63) is 77.4 Å². The minimum absolute atomic E-state index is 0.0999. The molecule has 0 saturated carbocycles. The van der Waals surface area contributed by atoms with Crippen LogP contribution in [-0.2, 0) is 14.8 Å². The predicted molar refractivity (Wildman–Crippen MR) is 94.6 cm³/mol. The van der Waals surface area contributed by atoms with Crippen molar-refractivity contribution in [2.45, 2.75) is 24.3 Å². The van der Waals surface area contributed by atoms with E-state index in [1.807, 2.05) is 31.2 Å². The fourth-order valence-corrected chi connectivity index (χ4v) is 4.56. The van der Waals surface area contributed by atoms with Gasteiger partial charge in [0.1, 0.15) is 0 Å². The summed E-state index contributed by atoms with van der Waals surface area (Å²) >= 11 is 0. The Morgan fingerprint density at radius 3 is 2.32 bits per heavy atom. The minimum atomic E-state index is -3.81. The van der Waals surface area contributed by atoms with E-state index < -0.39 is 22.0 Å². The van der Waals surface area contributed by atoms with Crippen LogP contribution in [0.5, 0.6) is 0 Å². The van der Waals surface area contributed by atoms with Gasteiger partial charge < -0.3 is 5.11 Å². The summed E-state index contributed by atoms with van der Waals surface area (Å²) in [4.78, 5) is 11.5. The zero-order valence-corrected chi connectivity index (χ0v) is 14.6. The Morgan fingerprint density at radius 2 is 1.72 bits per heavy atom. The fourth-order valence-electron chi connectivity index (χ4n) is 2.94. The quantitative estimate of drug-likeness (QED) is 0.912. The zero-order valence-electron chi connectivity index (χ0n) is 13.8. The van der Waals surface area contributed by atoms with Crippen LogP contribution in [0, 0.1) is 6.92 Å². The highest BCUT2D eigenvalue weighted by Crippen LogP contribution is 2.35. The maximum atomic E-state index is 13.1. The zero-order chi connectivity index (χ0) is 18.0. The van der Waals surface area contributed by atoms with Crippen molar-refractivity contribution in [2.75, 3.05) is 6.54 Å². The molecule has 1 aliphatic rings. The highest BCUT2D eigenvalue weighted by atomic mass is 32.2. The molecule has 3 rings (SSSR count). The van der Waals surface area contributed by atoms with Crippen LogP contribution in [0.15, 0.2) is 71.1 Å². The van der Waals surface area contributed by atoms with Crippen molar-refractivity contribution in [2.24, 2.45) is 0 Å². The van der Waals surface area contributed by atoms with Gasteiger partial charge in [0, 0.05) is 12.1 Å². The van der Waals surface area contributed by atoms with Gasteiger partial charge in [0.15, 0.2) is 0 Å². The number of benzene rings is 2. The van der Waals surface area contributed by atoms with E-state index >= 15 is 0 Å². The molecule has 1 heterocycles. The topological polar surface area (TPSA) is 74.7 Å². The smallest absolute Gasteiger partial charge is 0.332 e. The standard InChI is InChI=1S/C19H19NO4S/c1-14-7-9-15(10-8-14)18-12-11-16(19(21)22)13-20(18)25(23,24)17-5-3-2-4-6-17/h2-11,18H,12-13H2,1H3,(H,21,22). The van der Waals surface area contributed by atoms with Crippen molar-refractivity contribution >= 4 is 16.0 Å². The van der Waals surface area contributed by atoms with Crippen molar-refractivity contribution in [3.63, 3.8) is 0 Å². The molecule has 1 unspecified atom stereocenters. The molecule has 25 heavy (non-hydrogen) atoms. The molecule has 0 fully saturated rings. The number of rotatable bonds is 4. The summed E-state index contributed by atoms with van der Waals surface area (Å²) in [5, 5.41) is 9.30. The second-order valence-corrected chi connectivity index (χ2v) is 7.95. The molecule has 5 nitrogen and oxygen atoms in total. The van der Waals surface area contributed by atoms with Gasteiger partial charge in [0.05, 0.1) is 10.9 Å². The maximum Gasteiger partial charge on any atom is 0.332 e. The van der Waals surface area contributed by atoms with Crippen molar-refractivity contribution in [1.29, 1.82) is 0 Å². The second-order valence-electron chi connectivity index (χ2n) is 6.06. The SMILES string of the molecule is Cc1ccc(C2CC=C(C(=O)O)CN2S(=O)(=O)c2ccccc2)cc1. The van der Waals surface area contributed by atoms with Gasteiger partial charge >= 0.3 is 5.97 Å². The molecule has 1 atom stereocenters. The molecule has 0 bridgehead atoms. The van der Waals surface area contributed by atoms with Crippen molar-refractivity contribution < 1.29 is 18.3 Å². The summed E-state index contributed by atoms with van der Waals surface area (Å²) in [6.45, 7) is 1.82. The molecule has 6 heteroatoms. The van der Waals surface area contributed by atoms with E-state index in [0.29, 0.717) is 6.42 Å². The fraction of sp³-hybridized carbons (Fsp3) is 0.211. The number of aryl methyl sites for hydroxylation is 1. The Labute approximate surface area is 147 Å². The normalized spacial score (nSPS) is 18.6. The minimum Gasteiger partial charge on any atom is -0.478 e. The van der Waals surface area contributed by atoms with E-state index in [2.05, 4.69) is 0 Å². The van der Waals surface area contributed by atoms with Crippen molar-refractivity contribution in [3.8, 4) is 0 Å². The van der Waals surface area contributed by atoms with Crippen LogP contribution in [0.25, 0.3) is 0 Å². The highest BCUT2D eigenvalue weighted by molar-refractivity contribution is 7.89. The van der Waals surface area contributed by atoms with E-state index in [1.165, 1.54) is 16.4 Å². The summed E-state index contributed by atoms with van der Waals surface area (Å²) in [6, 6.07) is 15.3. The number of nitrogens with zero attached hydrogens (tertiary/aromatic N) is 1. The van der Waals surface area contributed by atoms with Crippen LogP contribution in [-0.4, -0.2) is 30.3 Å². The average Bonchev–Trinajstić information content (AvgIpc) is 2.62. The molecule has 0 amide bonds. The summed E-state index contributed by atoms with van der Waals surface area (Å²) in [7, 11) is -3.81. The lowest BCUT2D eigenvalue weighted by atomic mass is 9.97. The average molecular weight is 357 g/mol. The van der Waals surface area contributed by atoms with E-state index in [0.717, 1.165) is 11.1 Å². The number of carboxylic acid groups (broad SMARTS) is 1. The molecule has 0 radical (unpaired) electrons. The van der Waals surface area contributed by atoms with Crippen LogP contribution in [0.1, 0.15) is 23.6 Å². The molecule has 1 N–H and O–H groups in total. The van der Waals surface area contributed by atoms with Gasteiger partial charge in [-0.25, -0.2) is 13.2 Å². The monoisotopic (exact) mass is 357 g/mol. The third-order valence-corrected chi connectivity index (χ3v) is 6.22. The number of carbonyl (C=O) groups is 1. The lowest BCUT2D eigenvalue weighted by Gasteiger charge is -2.34. The Hall–Kier alpha value is -2.44. The first-order chi connectivity index (χ1) is 11.9. The van der Waals surface area contributed by atoms with Crippen LogP contribution in [0.4, 0.5) is 0 Å². The van der Waals surface area contributed by atoms with Crippen LogP contribution >= 0.6 is 0 Å². The first-order valence-electron chi connectivity index (χ1n) is 7.95. The lowest BCUT2D eigenvalue weighted by molar-refractivity contribution is -0.133. The summed E-state index contributed by atoms with van der Waals surface area (Å²) in [6.07, 6.45) is 1.95. The highest BCUT2D eigenvalue weighted by Gasteiger charge is 2.36. The molecule has 2 aromatic rings. The number of sulfonamides is 1.